The van der Waals surface area contributed by atoms with Crippen molar-refractivity contribution < 1.29 is 19.1 Å². The summed E-state index contributed by atoms with van der Waals surface area (Å²) >= 11 is 2.98. The van der Waals surface area contributed by atoms with Gasteiger partial charge in [0.05, 0.1) is 11.5 Å². The van der Waals surface area contributed by atoms with Crippen molar-refractivity contribution >= 4 is 46.0 Å². The lowest BCUT2D eigenvalue weighted by Gasteiger charge is -2.32. The van der Waals surface area contributed by atoms with Gasteiger partial charge in [-0.1, -0.05) is 30.3 Å². The molecule has 3 heterocycles. The van der Waals surface area contributed by atoms with E-state index in [1.165, 1.54) is 11.3 Å². The number of anilines is 1. The van der Waals surface area contributed by atoms with Crippen LogP contribution in [0.5, 0.6) is 0 Å². The molecule has 9 heteroatoms. The first-order valence-electron chi connectivity index (χ1n) is 10.8. The number of ether oxygens (including phenoxy) is 1. The molecule has 0 bridgehead atoms. The fourth-order valence-corrected chi connectivity index (χ4v) is 6.61. The standard InChI is InChI=1S/C23H27N3O4S2/c1-4-30-21(29)19-15(2)32-22(24-19)25(13-11-16-8-6-5-7-9-16)20(28)17-14-31-23(3)12-10-18(27)26(17)23/h5-9,17H,4,10-14H2,1-3H3. The third-order valence-corrected chi connectivity index (χ3v) is 8.45. The summed E-state index contributed by atoms with van der Waals surface area (Å²) in [5.41, 5.74) is 1.35. The van der Waals surface area contributed by atoms with E-state index in [-0.39, 0.29) is 29.0 Å². The molecule has 32 heavy (non-hydrogen) atoms. The molecule has 170 valence electrons. The maximum atomic E-state index is 13.8. The predicted octanol–water partition coefficient (Wildman–Crippen LogP) is 3.66. The first-order valence-corrected chi connectivity index (χ1v) is 12.6. The molecule has 2 saturated heterocycles. The Kier molecular flexibility index (Phi) is 6.57. The lowest BCUT2D eigenvalue weighted by Crippen LogP contribution is -2.52. The maximum absolute atomic E-state index is 13.8. The maximum Gasteiger partial charge on any atom is 0.358 e. The Morgan fingerprint density at radius 2 is 2.06 bits per heavy atom. The lowest BCUT2D eigenvalue weighted by molar-refractivity contribution is -0.136. The summed E-state index contributed by atoms with van der Waals surface area (Å²) in [5, 5.41) is 0.469. The Morgan fingerprint density at radius 1 is 1.31 bits per heavy atom. The summed E-state index contributed by atoms with van der Waals surface area (Å²) < 4.78 is 5.12. The fraction of sp³-hybridized carbons (Fsp3) is 0.478. The third-order valence-electron chi connectivity index (χ3n) is 5.95. The molecule has 0 aliphatic carbocycles. The van der Waals surface area contributed by atoms with Gasteiger partial charge in [-0.3, -0.25) is 14.5 Å². The van der Waals surface area contributed by atoms with E-state index < -0.39 is 12.0 Å². The van der Waals surface area contributed by atoms with E-state index in [0.29, 0.717) is 35.1 Å². The van der Waals surface area contributed by atoms with E-state index in [0.717, 1.165) is 12.0 Å². The van der Waals surface area contributed by atoms with E-state index in [4.69, 9.17) is 4.74 Å². The molecular formula is C23H27N3O4S2. The number of fused-ring (bicyclic) bond motifs is 1. The number of carbonyl (C=O) groups is 3. The number of rotatable bonds is 7. The topological polar surface area (TPSA) is 79.8 Å². The summed E-state index contributed by atoms with van der Waals surface area (Å²) in [5.74, 6) is -0.0301. The van der Waals surface area contributed by atoms with Crippen molar-refractivity contribution in [3.05, 3.63) is 46.5 Å². The van der Waals surface area contributed by atoms with Crippen molar-refractivity contribution in [2.45, 2.75) is 50.9 Å². The molecule has 0 radical (unpaired) electrons. The Bertz CT molecular complexity index is 1030. The Balaban J connectivity index is 1.64. The van der Waals surface area contributed by atoms with Gasteiger partial charge in [0.2, 0.25) is 5.91 Å². The van der Waals surface area contributed by atoms with E-state index in [9.17, 15) is 14.4 Å². The second-order valence-corrected chi connectivity index (χ2v) is 10.8. The molecule has 1 aromatic heterocycles. The van der Waals surface area contributed by atoms with Crippen LogP contribution in [0.1, 0.15) is 47.6 Å². The molecule has 2 fully saturated rings. The zero-order valence-corrected chi connectivity index (χ0v) is 20.1. The van der Waals surface area contributed by atoms with Gasteiger partial charge in [-0.05, 0) is 39.2 Å². The van der Waals surface area contributed by atoms with Crippen molar-refractivity contribution in [3.63, 3.8) is 0 Å². The van der Waals surface area contributed by atoms with Gasteiger partial charge in [-0.25, -0.2) is 9.78 Å². The minimum atomic E-state index is -0.522. The molecular weight excluding hydrogens is 446 g/mol. The van der Waals surface area contributed by atoms with Gasteiger partial charge in [0.15, 0.2) is 10.8 Å². The van der Waals surface area contributed by atoms with Crippen LogP contribution in [0.15, 0.2) is 30.3 Å². The number of thioether (sulfide) groups is 1. The Labute approximate surface area is 196 Å². The van der Waals surface area contributed by atoms with Crippen LogP contribution in [-0.4, -0.2) is 57.5 Å². The molecule has 2 aliphatic heterocycles. The van der Waals surface area contributed by atoms with Gasteiger partial charge in [0, 0.05) is 23.6 Å². The van der Waals surface area contributed by atoms with E-state index in [1.807, 2.05) is 37.3 Å². The molecule has 2 aromatic rings. The Hall–Kier alpha value is -2.39. The van der Waals surface area contributed by atoms with Crippen LogP contribution in [0, 0.1) is 6.92 Å². The van der Waals surface area contributed by atoms with Crippen LogP contribution in [0.4, 0.5) is 5.13 Å². The van der Waals surface area contributed by atoms with Crippen LogP contribution in [0.25, 0.3) is 0 Å². The summed E-state index contributed by atoms with van der Waals surface area (Å²) in [4.78, 5) is 47.0. The van der Waals surface area contributed by atoms with Gasteiger partial charge in [-0.2, -0.15) is 0 Å². The van der Waals surface area contributed by atoms with E-state index >= 15 is 0 Å². The van der Waals surface area contributed by atoms with Crippen molar-refractivity contribution in [2.75, 3.05) is 23.8 Å². The number of amides is 2. The van der Waals surface area contributed by atoms with Crippen LogP contribution in [0.2, 0.25) is 0 Å². The van der Waals surface area contributed by atoms with Gasteiger partial charge in [0.1, 0.15) is 6.04 Å². The third kappa shape index (κ3) is 4.28. The second-order valence-electron chi connectivity index (χ2n) is 8.11. The van der Waals surface area contributed by atoms with Crippen molar-refractivity contribution in [2.24, 2.45) is 0 Å². The van der Waals surface area contributed by atoms with Crippen LogP contribution in [0.3, 0.4) is 0 Å². The molecule has 0 saturated carbocycles. The number of aryl methyl sites for hydroxylation is 1. The molecule has 1 aromatic carbocycles. The largest absolute Gasteiger partial charge is 0.461 e. The van der Waals surface area contributed by atoms with Gasteiger partial charge < -0.3 is 9.64 Å². The number of esters is 1. The van der Waals surface area contributed by atoms with Gasteiger partial charge in [0.25, 0.3) is 5.91 Å². The molecule has 2 amide bonds. The van der Waals surface area contributed by atoms with Crippen molar-refractivity contribution in [1.29, 1.82) is 0 Å². The molecule has 2 atom stereocenters. The highest BCUT2D eigenvalue weighted by molar-refractivity contribution is 8.01. The monoisotopic (exact) mass is 473 g/mol. The highest BCUT2D eigenvalue weighted by atomic mass is 32.2. The van der Waals surface area contributed by atoms with Crippen LogP contribution >= 0.6 is 23.1 Å². The molecule has 0 N–H and O–H groups in total. The highest BCUT2D eigenvalue weighted by Crippen LogP contribution is 2.47. The predicted molar refractivity (Wildman–Crippen MR) is 126 cm³/mol. The quantitative estimate of drug-likeness (QED) is 0.571. The number of hydrogen-bond donors (Lipinski definition) is 0. The zero-order valence-electron chi connectivity index (χ0n) is 18.5. The molecule has 2 unspecified atom stereocenters. The van der Waals surface area contributed by atoms with Gasteiger partial charge >= 0.3 is 5.97 Å². The number of aromatic nitrogens is 1. The van der Waals surface area contributed by atoms with Crippen molar-refractivity contribution in [1.82, 2.24) is 9.88 Å². The van der Waals surface area contributed by atoms with E-state index in [2.05, 4.69) is 4.98 Å². The molecule has 4 rings (SSSR count). The highest BCUT2D eigenvalue weighted by Gasteiger charge is 2.53. The lowest BCUT2D eigenvalue weighted by atomic mass is 10.1. The first kappa shape index (κ1) is 22.8. The number of hydrogen-bond acceptors (Lipinski definition) is 7. The minimum Gasteiger partial charge on any atom is -0.461 e. The van der Waals surface area contributed by atoms with Crippen molar-refractivity contribution in [3.8, 4) is 0 Å². The summed E-state index contributed by atoms with van der Waals surface area (Å²) in [6, 6.07) is 9.41. The van der Waals surface area contributed by atoms with Crippen LogP contribution in [-0.2, 0) is 20.7 Å². The zero-order chi connectivity index (χ0) is 22.9. The summed E-state index contributed by atoms with van der Waals surface area (Å²) in [6.45, 7) is 6.27. The average Bonchev–Trinajstić information content (AvgIpc) is 3.42. The number of benzene rings is 1. The first-order chi connectivity index (χ1) is 15.3. The van der Waals surface area contributed by atoms with Crippen LogP contribution < -0.4 is 4.90 Å². The number of thiazole rings is 1. The summed E-state index contributed by atoms with van der Waals surface area (Å²) in [6.07, 6.45) is 1.87. The second kappa shape index (κ2) is 9.23. The normalized spacial score (nSPS) is 22.2. The minimum absolute atomic E-state index is 0.0291. The fourth-order valence-electron chi connectivity index (χ4n) is 4.26. The molecule has 7 nitrogen and oxygen atoms in total. The molecule has 2 aliphatic rings. The number of nitrogens with zero attached hydrogens (tertiary/aromatic N) is 3. The molecule has 0 spiro atoms. The SMILES string of the molecule is CCOC(=O)c1nc(N(CCc2ccccc2)C(=O)C2CSC3(C)CCC(=O)N23)sc1C. The van der Waals surface area contributed by atoms with E-state index in [1.54, 1.807) is 35.4 Å². The Morgan fingerprint density at radius 3 is 2.78 bits per heavy atom. The number of carbonyl (C=O) groups excluding carboxylic acids is 3. The smallest absolute Gasteiger partial charge is 0.358 e. The average molecular weight is 474 g/mol. The summed E-state index contributed by atoms with van der Waals surface area (Å²) in [7, 11) is 0. The van der Waals surface area contributed by atoms with Gasteiger partial charge in [-0.15, -0.1) is 23.1 Å².